The maximum atomic E-state index is 5.82. The van der Waals surface area contributed by atoms with Crippen LogP contribution >= 0.6 is 11.3 Å². The number of nitrogens with one attached hydrogen (secondary N) is 1. The molecule has 2 heterocycles. The molecule has 1 N–H and O–H groups in total. The van der Waals surface area contributed by atoms with Gasteiger partial charge in [0.05, 0.1) is 0 Å². The van der Waals surface area contributed by atoms with Gasteiger partial charge in [-0.3, -0.25) is 0 Å². The highest BCUT2D eigenvalue weighted by atomic mass is 32.1. The number of methoxy groups -OCH3 is 1. The van der Waals surface area contributed by atoms with Crippen LogP contribution in [0.15, 0.2) is 28.0 Å². The van der Waals surface area contributed by atoms with E-state index in [0.29, 0.717) is 6.61 Å². The average Bonchev–Trinajstić information content (AvgIpc) is 3.00. The predicted molar refractivity (Wildman–Crippen MR) is 74.0 cm³/mol. The quantitative estimate of drug-likeness (QED) is 0.869. The van der Waals surface area contributed by atoms with Gasteiger partial charge in [0.25, 0.3) is 0 Å². The molecule has 0 fully saturated rings. The average molecular weight is 265 g/mol. The van der Waals surface area contributed by atoms with E-state index in [4.69, 9.17) is 9.15 Å². The van der Waals surface area contributed by atoms with Gasteiger partial charge in [0, 0.05) is 12.0 Å². The fraction of sp³-hybridized carbons (Fsp3) is 0.429. The number of hydrogen-bond donors (Lipinski definition) is 1. The van der Waals surface area contributed by atoms with Crippen molar-refractivity contribution in [3.05, 3.63) is 45.5 Å². The molecule has 3 nitrogen and oxygen atoms in total. The highest BCUT2D eigenvalue weighted by molar-refractivity contribution is 7.10. The molecule has 0 saturated heterocycles. The second-order valence-electron chi connectivity index (χ2n) is 4.12. The minimum absolute atomic E-state index is 0.130. The number of hydrogen-bond acceptors (Lipinski definition) is 4. The first kappa shape index (κ1) is 13.3. The Kier molecular flexibility index (Phi) is 4.58. The van der Waals surface area contributed by atoms with E-state index in [2.05, 4.69) is 23.7 Å². The minimum Gasteiger partial charge on any atom is -0.462 e. The van der Waals surface area contributed by atoms with E-state index in [1.165, 1.54) is 10.4 Å². The van der Waals surface area contributed by atoms with Gasteiger partial charge in [-0.25, -0.2) is 0 Å². The summed E-state index contributed by atoms with van der Waals surface area (Å²) < 4.78 is 10.9. The van der Waals surface area contributed by atoms with Gasteiger partial charge in [0.15, 0.2) is 0 Å². The summed E-state index contributed by atoms with van der Waals surface area (Å²) in [4.78, 5) is 1.33. The maximum Gasteiger partial charge on any atom is 0.129 e. The van der Waals surface area contributed by atoms with E-state index < -0.39 is 0 Å². The molecular formula is C14H19NO2S. The number of aryl methyl sites for hydroxylation is 1. The molecule has 0 saturated carbocycles. The Morgan fingerprint density at radius 1 is 1.39 bits per heavy atom. The summed E-state index contributed by atoms with van der Waals surface area (Å²) in [6, 6.07) is 6.31. The van der Waals surface area contributed by atoms with Crippen molar-refractivity contribution in [1.29, 1.82) is 0 Å². The molecule has 1 atom stereocenters. The molecule has 2 aromatic heterocycles. The SMILES string of the molecule is CCc1ccsc1C(NC)c1ccc(COC)o1. The number of rotatable bonds is 6. The summed E-state index contributed by atoms with van der Waals surface area (Å²) in [6.45, 7) is 2.69. The van der Waals surface area contributed by atoms with Crippen LogP contribution < -0.4 is 5.32 Å². The van der Waals surface area contributed by atoms with Crippen molar-refractivity contribution >= 4 is 11.3 Å². The topological polar surface area (TPSA) is 34.4 Å². The fourth-order valence-corrected chi connectivity index (χ4v) is 3.18. The smallest absolute Gasteiger partial charge is 0.129 e. The lowest BCUT2D eigenvalue weighted by atomic mass is 10.1. The lowest BCUT2D eigenvalue weighted by Crippen LogP contribution is -2.17. The number of furan rings is 1. The van der Waals surface area contributed by atoms with Gasteiger partial charge in [0.1, 0.15) is 24.2 Å². The summed E-state index contributed by atoms with van der Waals surface area (Å²) >= 11 is 1.77. The molecular weight excluding hydrogens is 246 g/mol. The van der Waals surface area contributed by atoms with Gasteiger partial charge in [0.2, 0.25) is 0 Å². The van der Waals surface area contributed by atoms with Crippen molar-refractivity contribution in [3.63, 3.8) is 0 Å². The minimum atomic E-state index is 0.130. The standard InChI is InChI=1S/C14H19NO2S/c1-4-10-7-8-18-14(10)13(15-2)12-6-5-11(17-12)9-16-3/h5-8,13,15H,4,9H2,1-3H3. The second-order valence-corrected chi connectivity index (χ2v) is 5.07. The first-order chi connectivity index (χ1) is 8.80. The van der Waals surface area contributed by atoms with Crippen LogP contribution in [0.4, 0.5) is 0 Å². The Labute approximate surface area is 112 Å². The molecule has 98 valence electrons. The second kappa shape index (κ2) is 6.18. The van der Waals surface area contributed by atoms with Gasteiger partial charge in [-0.2, -0.15) is 0 Å². The van der Waals surface area contributed by atoms with Crippen LogP contribution in [0, 0.1) is 0 Å². The highest BCUT2D eigenvalue weighted by Crippen LogP contribution is 2.31. The van der Waals surface area contributed by atoms with Crippen LogP contribution in [0.5, 0.6) is 0 Å². The molecule has 18 heavy (non-hydrogen) atoms. The fourth-order valence-electron chi connectivity index (χ4n) is 2.06. The van der Waals surface area contributed by atoms with Crippen LogP contribution in [-0.4, -0.2) is 14.2 Å². The van der Waals surface area contributed by atoms with Crippen LogP contribution in [0.2, 0.25) is 0 Å². The van der Waals surface area contributed by atoms with E-state index in [9.17, 15) is 0 Å². The number of thiophene rings is 1. The van der Waals surface area contributed by atoms with Crippen molar-refractivity contribution in [3.8, 4) is 0 Å². The molecule has 0 aliphatic rings. The monoisotopic (exact) mass is 265 g/mol. The molecule has 2 rings (SSSR count). The van der Waals surface area contributed by atoms with Gasteiger partial charge in [-0.1, -0.05) is 6.92 Å². The predicted octanol–water partition coefficient (Wildman–Crippen LogP) is 3.36. The summed E-state index contributed by atoms with van der Waals surface area (Å²) in [5.41, 5.74) is 1.38. The molecule has 0 spiro atoms. The van der Waals surface area contributed by atoms with Gasteiger partial charge in [-0.05, 0) is 42.6 Å². The molecule has 0 amide bonds. The van der Waals surface area contributed by atoms with E-state index in [1.807, 2.05) is 19.2 Å². The first-order valence-corrected chi connectivity index (χ1v) is 6.99. The Morgan fingerprint density at radius 3 is 2.89 bits per heavy atom. The maximum absolute atomic E-state index is 5.82. The normalized spacial score (nSPS) is 12.8. The summed E-state index contributed by atoms with van der Waals surface area (Å²) in [7, 11) is 3.63. The van der Waals surface area contributed by atoms with Crippen LogP contribution in [-0.2, 0) is 17.8 Å². The first-order valence-electron chi connectivity index (χ1n) is 6.11. The van der Waals surface area contributed by atoms with E-state index in [0.717, 1.165) is 17.9 Å². The van der Waals surface area contributed by atoms with Crippen LogP contribution in [0.1, 0.15) is 34.9 Å². The Bertz CT molecular complexity index is 489. The molecule has 1 unspecified atom stereocenters. The van der Waals surface area contributed by atoms with Crippen molar-refractivity contribution in [2.45, 2.75) is 26.0 Å². The molecule has 0 bridgehead atoms. The molecule has 0 aromatic carbocycles. The van der Waals surface area contributed by atoms with Crippen molar-refractivity contribution in [1.82, 2.24) is 5.32 Å². The Morgan fingerprint density at radius 2 is 2.22 bits per heavy atom. The zero-order chi connectivity index (χ0) is 13.0. The third-order valence-electron chi connectivity index (χ3n) is 2.97. The Hall–Kier alpha value is -1.10. The number of ether oxygens (including phenoxy) is 1. The molecule has 0 radical (unpaired) electrons. The van der Waals surface area contributed by atoms with Gasteiger partial charge in [-0.15, -0.1) is 11.3 Å². The van der Waals surface area contributed by atoms with E-state index >= 15 is 0 Å². The summed E-state index contributed by atoms with van der Waals surface area (Å²) in [5.74, 6) is 1.81. The summed E-state index contributed by atoms with van der Waals surface area (Å²) in [6.07, 6.45) is 1.04. The third kappa shape index (κ3) is 2.66. The molecule has 4 heteroatoms. The lowest BCUT2D eigenvalue weighted by Gasteiger charge is -2.14. The summed E-state index contributed by atoms with van der Waals surface area (Å²) in [5, 5.41) is 5.46. The van der Waals surface area contributed by atoms with Crippen molar-refractivity contribution in [2.24, 2.45) is 0 Å². The van der Waals surface area contributed by atoms with Gasteiger partial charge < -0.3 is 14.5 Å². The van der Waals surface area contributed by atoms with Crippen molar-refractivity contribution < 1.29 is 9.15 Å². The third-order valence-corrected chi connectivity index (χ3v) is 3.99. The van der Waals surface area contributed by atoms with Crippen LogP contribution in [0.25, 0.3) is 0 Å². The highest BCUT2D eigenvalue weighted by Gasteiger charge is 2.19. The zero-order valence-corrected chi connectivity index (χ0v) is 11.8. The van der Waals surface area contributed by atoms with E-state index in [-0.39, 0.29) is 6.04 Å². The van der Waals surface area contributed by atoms with Crippen LogP contribution in [0.3, 0.4) is 0 Å². The van der Waals surface area contributed by atoms with Crippen molar-refractivity contribution in [2.75, 3.05) is 14.2 Å². The Balaban J connectivity index is 2.27. The largest absolute Gasteiger partial charge is 0.462 e. The molecule has 0 aliphatic carbocycles. The van der Waals surface area contributed by atoms with Gasteiger partial charge >= 0.3 is 0 Å². The molecule has 0 aliphatic heterocycles. The lowest BCUT2D eigenvalue weighted by molar-refractivity contribution is 0.162. The zero-order valence-electron chi connectivity index (χ0n) is 11.0. The van der Waals surface area contributed by atoms with E-state index in [1.54, 1.807) is 18.4 Å². The molecule has 2 aromatic rings.